The van der Waals surface area contributed by atoms with Gasteiger partial charge in [-0.1, -0.05) is 41.9 Å². The van der Waals surface area contributed by atoms with Gasteiger partial charge in [0.15, 0.2) is 16.9 Å². The lowest BCUT2D eigenvalue weighted by Gasteiger charge is -2.26. The summed E-state index contributed by atoms with van der Waals surface area (Å²) in [6, 6.07) is 16.6. The first kappa shape index (κ1) is 21.6. The zero-order chi connectivity index (χ0) is 23.3. The van der Waals surface area contributed by atoms with Crippen LogP contribution in [-0.2, 0) is 6.54 Å². The molecule has 0 spiro atoms. The van der Waals surface area contributed by atoms with E-state index < -0.39 is 11.9 Å². The molecule has 8 heteroatoms. The molecule has 0 aliphatic carbocycles. The fraction of sp³-hybridized carbons (Fsp3) is 0.120. The number of fused-ring (bicyclic) bond motifs is 2. The van der Waals surface area contributed by atoms with E-state index in [1.54, 1.807) is 47.4 Å². The summed E-state index contributed by atoms with van der Waals surface area (Å²) in [6.07, 6.45) is 0. The normalized spacial score (nSPS) is 15.2. The Bertz CT molecular complexity index is 1480. The molecule has 33 heavy (non-hydrogen) atoms. The van der Waals surface area contributed by atoms with Crippen LogP contribution in [0.15, 0.2) is 74.3 Å². The van der Waals surface area contributed by atoms with Crippen LogP contribution in [-0.4, -0.2) is 23.0 Å². The molecule has 0 unspecified atom stereocenters. The monoisotopic (exact) mass is 525 g/mol. The number of hydrogen-bond donors (Lipinski definition) is 1. The SMILES string of the molecule is COc1cc([C@@H]2c3c(oc4ccccc4c3=O)C(=O)N2Cc2ccccc2Cl)cc(Br)c1O. The van der Waals surface area contributed by atoms with E-state index in [2.05, 4.69) is 15.9 Å². The van der Waals surface area contributed by atoms with Crippen molar-refractivity contribution in [2.45, 2.75) is 12.6 Å². The number of phenolic OH excluding ortho intramolecular Hbond substituents is 1. The highest BCUT2D eigenvalue weighted by Gasteiger charge is 2.43. The second-order valence-corrected chi connectivity index (χ2v) is 8.91. The number of rotatable bonds is 4. The Hall–Kier alpha value is -3.29. The molecule has 2 heterocycles. The minimum Gasteiger partial charge on any atom is -0.503 e. The first-order chi connectivity index (χ1) is 15.9. The van der Waals surface area contributed by atoms with Gasteiger partial charge in [-0.15, -0.1) is 0 Å². The summed E-state index contributed by atoms with van der Waals surface area (Å²) < 4.78 is 11.6. The second kappa shape index (κ2) is 8.24. The molecular formula is C25H17BrClNO5. The number of methoxy groups -OCH3 is 1. The summed E-state index contributed by atoms with van der Waals surface area (Å²) in [5, 5.41) is 11.2. The molecule has 6 nitrogen and oxygen atoms in total. The smallest absolute Gasteiger partial charge is 0.291 e. The third-order valence-electron chi connectivity index (χ3n) is 5.76. The Labute approximate surface area is 202 Å². The molecule has 5 rings (SSSR count). The average Bonchev–Trinajstić information content (AvgIpc) is 3.09. The van der Waals surface area contributed by atoms with Gasteiger partial charge in [0.1, 0.15) is 5.58 Å². The summed E-state index contributed by atoms with van der Waals surface area (Å²) in [5.41, 5.74) is 1.61. The van der Waals surface area contributed by atoms with Gasteiger partial charge in [0, 0.05) is 11.6 Å². The predicted molar refractivity (Wildman–Crippen MR) is 128 cm³/mol. The van der Waals surface area contributed by atoms with E-state index in [-0.39, 0.29) is 34.8 Å². The van der Waals surface area contributed by atoms with Gasteiger partial charge < -0.3 is 19.2 Å². The van der Waals surface area contributed by atoms with E-state index >= 15 is 0 Å². The first-order valence-electron chi connectivity index (χ1n) is 10.1. The van der Waals surface area contributed by atoms with Crippen molar-refractivity contribution in [1.29, 1.82) is 0 Å². The molecule has 1 N–H and O–H groups in total. The Morgan fingerprint density at radius 3 is 2.61 bits per heavy atom. The molecule has 1 aliphatic heterocycles. The van der Waals surface area contributed by atoms with Crippen molar-refractivity contribution in [2.75, 3.05) is 7.11 Å². The largest absolute Gasteiger partial charge is 0.503 e. The minimum atomic E-state index is -0.768. The van der Waals surface area contributed by atoms with Crippen LogP contribution in [0.1, 0.15) is 33.3 Å². The third-order valence-corrected chi connectivity index (χ3v) is 6.73. The molecule has 1 atom stereocenters. The fourth-order valence-electron chi connectivity index (χ4n) is 4.19. The van der Waals surface area contributed by atoms with Crippen LogP contribution in [0.2, 0.25) is 5.02 Å². The summed E-state index contributed by atoms with van der Waals surface area (Å²) >= 11 is 9.72. The number of carbonyl (C=O) groups is 1. The van der Waals surface area contributed by atoms with Gasteiger partial charge in [-0.25, -0.2) is 0 Å². The number of nitrogens with zero attached hydrogens (tertiary/aromatic N) is 1. The number of benzene rings is 3. The Kier molecular flexibility index (Phi) is 5.38. The van der Waals surface area contributed by atoms with E-state index in [0.29, 0.717) is 26.0 Å². The number of aromatic hydroxyl groups is 1. The van der Waals surface area contributed by atoms with Crippen LogP contribution < -0.4 is 10.2 Å². The number of halogens is 2. The molecule has 3 aromatic carbocycles. The topological polar surface area (TPSA) is 80.0 Å². The van der Waals surface area contributed by atoms with Crippen LogP contribution in [0.5, 0.6) is 11.5 Å². The highest BCUT2D eigenvalue weighted by atomic mass is 79.9. The molecule has 4 aromatic rings. The summed E-state index contributed by atoms with van der Waals surface area (Å²) in [4.78, 5) is 28.7. The molecule has 1 amide bonds. The number of carbonyl (C=O) groups excluding carboxylic acids is 1. The molecule has 1 aliphatic rings. The van der Waals surface area contributed by atoms with Crippen molar-refractivity contribution in [3.8, 4) is 11.5 Å². The maximum absolute atomic E-state index is 13.6. The number of amides is 1. The number of phenols is 1. The molecular weight excluding hydrogens is 510 g/mol. The fourth-order valence-corrected chi connectivity index (χ4v) is 4.85. The van der Waals surface area contributed by atoms with Gasteiger partial charge in [-0.05, 0) is 57.4 Å². The van der Waals surface area contributed by atoms with Gasteiger partial charge in [-0.2, -0.15) is 0 Å². The molecule has 0 radical (unpaired) electrons. The van der Waals surface area contributed by atoms with Crippen LogP contribution >= 0.6 is 27.5 Å². The standard InChI is InChI=1S/C25H17BrClNO5/c1-32-19-11-14(10-16(26)23(19)30)21-20-22(29)15-7-3-5-9-18(15)33-24(20)25(31)28(21)12-13-6-2-4-8-17(13)27/h2-11,21,30H,12H2,1H3/t21-/m1/s1. The van der Waals surface area contributed by atoms with Crippen LogP contribution in [0.3, 0.4) is 0 Å². The van der Waals surface area contributed by atoms with E-state index in [1.165, 1.54) is 7.11 Å². The first-order valence-corrected chi connectivity index (χ1v) is 11.2. The molecule has 1 aromatic heterocycles. The highest BCUT2D eigenvalue weighted by Crippen LogP contribution is 2.44. The molecule has 0 saturated heterocycles. The number of ether oxygens (including phenoxy) is 1. The van der Waals surface area contributed by atoms with E-state index in [1.807, 2.05) is 18.2 Å². The lowest BCUT2D eigenvalue weighted by molar-refractivity contribution is 0.0714. The average molecular weight is 527 g/mol. The van der Waals surface area contributed by atoms with Gasteiger partial charge >= 0.3 is 0 Å². The molecule has 0 bridgehead atoms. The summed E-state index contributed by atoms with van der Waals surface area (Å²) in [7, 11) is 1.43. The second-order valence-electron chi connectivity index (χ2n) is 7.65. The van der Waals surface area contributed by atoms with Crippen molar-refractivity contribution >= 4 is 44.4 Å². The number of para-hydroxylation sites is 1. The summed E-state index contributed by atoms with van der Waals surface area (Å²) in [6.45, 7) is 0.157. The van der Waals surface area contributed by atoms with Crippen molar-refractivity contribution in [3.63, 3.8) is 0 Å². The number of hydrogen-bond acceptors (Lipinski definition) is 5. The van der Waals surface area contributed by atoms with Gasteiger partial charge in [0.05, 0.1) is 28.6 Å². The molecule has 0 fully saturated rings. The van der Waals surface area contributed by atoms with Crippen molar-refractivity contribution in [3.05, 3.63) is 103 Å². The van der Waals surface area contributed by atoms with Crippen LogP contribution in [0.4, 0.5) is 0 Å². The minimum absolute atomic E-state index is 0.00100. The van der Waals surface area contributed by atoms with Crippen molar-refractivity contribution < 1.29 is 19.1 Å². The molecule has 166 valence electrons. The maximum Gasteiger partial charge on any atom is 0.291 e. The lowest BCUT2D eigenvalue weighted by atomic mass is 9.97. The zero-order valence-electron chi connectivity index (χ0n) is 17.3. The van der Waals surface area contributed by atoms with E-state index in [4.69, 9.17) is 20.8 Å². The summed E-state index contributed by atoms with van der Waals surface area (Å²) in [5.74, 6) is -0.281. The lowest BCUT2D eigenvalue weighted by Crippen LogP contribution is -2.29. The Balaban J connectivity index is 1.77. The maximum atomic E-state index is 13.6. The van der Waals surface area contributed by atoms with Crippen molar-refractivity contribution in [2.24, 2.45) is 0 Å². The van der Waals surface area contributed by atoms with Gasteiger partial charge in [-0.3, -0.25) is 9.59 Å². The van der Waals surface area contributed by atoms with Crippen LogP contribution in [0, 0.1) is 0 Å². The van der Waals surface area contributed by atoms with Crippen molar-refractivity contribution in [1.82, 2.24) is 4.90 Å². The molecule has 0 saturated carbocycles. The Morgan fingerprint density at radius 1 is 1.12 bits per heavy atom. The third kappa shape index (κ3) is 3.48. The zero-order valence-corrected chi connectivity index (χ0v) is 19.7. The Morgan fingerprint density at radius 2 is 1.85 bits per heavy atom. The predicted octanol–water partition coefficient (Wildman–Crippen LogP) is 5.67. The van der Waals surface area contributed by atoms with Gasteiger partial charge in [0.25, 0.3) is 5.91 Å². The van der Waals surface area contributed by atoms with Gasteiger partial charge in [0.2, 0.25) is 5.76 Å². The van der Waals surface area contributed by atoms with Crippen LogP contribution in [0.25, 0.3) is 11.0 Å². The van der Waals surface area contributed by atoms with E-state index in [9.17, 15) is 14.7 Å². The highest BCUT2D eigenvalue weighted by molar-refractivity contribution is 9.10. The quantitative estimate of drug-likeness (QED) is 0.371. The van der Waals surface area contributed by atoms with E-state index in [0.717, 1.165) is 5.56 Å².